The third kappa shape index (κ3) is 1.26. The van der Waals surface area contributed by atoms with Crippen LogP contribution in [-0.2, 0) is 21.6 Å². The number of halogens is 1. The highest BCUT2D eigenvalue weighted by Gasteiger charge is 2.38. The highest BCUT2D eigenvalue weighted by atomic mass is 35.5. The molecule has 2 nitrogen and oxygen atoms in total. The summed E-state index contributed by atoms with van der Waals surface area (Å²) in [6, 6.07) is 5.63. The molecule has 0 fully saturated rings. The molecular formula is C11H11ClO2. The highest BCUT2D eigenvalue weighted by molar-refractivity contribution is 6.30. The van der Waals surface area contributed by atoms with Gasteiger partial charge in [-0.2, -0.15) is 0 Å². The Hall–Kier alpha value is -0.860. The second-order valence-corrected chi connectivity index (χ2v) is 3.95. The van der Waals surface area contributed by atoms with Gasteiger partial charge in [-0.25, -0.2) is 0 Å². The smallest absolute Gasteiger partial charge is 0.156 e. The lowest BCUT2D eigenvalue weighted by Crippen LogP contribution is -2.27. The number of hydrogen-bond donors (Lipinski definition) is 0. The molecule has 0 amide bonds. The molecule has 1 aromatic carbocycles. The molecule has 74 valence electrons. The van der Waals surface area contributed by atoms with E-state index in [2.05, 4.69) is 0 Å². The van der Waals surface area contributed by atoms with Crippen molar-refractivity contribution >= 4 is 17.9 Å². The number of carbonyl (C=O) groups excluding carboxylic acids is 1. The molecule has 0 aliphatic heterocycles. The lowest BCUT2D eigenvalue weighted by atomic mass is 9.98. The van der Waals surface area contributed by atoms with Gasteiger partial charge < -0.3 is 4.74 Å². The Morgan fingerprint density at radius 3 is 3.00 bits per heavy atom. The van der Waals surface area contributed by atoms with Gasteiger partial charge in [0.1, 0.15) is 5.60 Å². The SMILES string of the molecule is COC1(C=O)CCc2ccc(Cl)cc21. The Bertz CT molecular complexity index is 376. The number of aryl methyl sites for hydroxylation is 1. The van der Waals surface area contributed by atoms with E-state index >= 15 is 0 Å². The molecule has 1 aliphatic carbocycles. The molecule has 0 saturated carbocycles. The first-order valence-corrected chi connectivity index (χ1v) is 4.90. The van der Waals surface area contributed by atoms with Gasteiger partial charge in [0, 0.05) is 12.1 Å². The number of benzene rings is 1. The molecule has 1 aromatic rings. The lowest BCUT2D eigenvalue weighted by molar-refractivity contribution is -0.128. The van der Waals surface area contributed by atoms with E-state index in [9.17, 15) is 4.79 Å². The number of hydrogen-bond acceptors (Lipinski definition) is 2. The number of rotatable bonds is 2. The standard InChI is InChI=1S/C11H11ClO2/c1-14-11(7-13)5-4-8-2-3-9(12)6-10(8)11/h2-3,6-7H,4-5H2,1H3. The summed E-state index contributed by atoms with van der Waals surface area (Å²) in [6.07, 6.45) is 2.46. The number of ether oxygens (including phenoxy) is 1. The van der Waals surface area contributed by atoms with Gasteiger partial charge in [0.25, 0.3) is 0 Å². The Kier molecular flexibility index (Phi) is 2.33. The summed E-state index contributed by atoms with van der Waals surface area (Å²) >= 11 is 5.89. The fourth-order valence-electron chi connectivity index (χ4n) is 2.00. The molecule has 1 atom stereocenters. The van der Waals surface area contributed by atoms with Crippen molar-refractivity contribution in [2.75, 3.05) is 7.11 Å². The average molecular weight is 211 g/mol. The first-order valence-electron chi connectivity index (χ1n) is 4.52. The largest absolute Gasteiger partial charge is 0.366 e. The van der Waals surface area contributed by atoms with Crippen LogP contribution in [0, 0.1) is 0 Å². The van der Waals surface area contributed by atoms with Crippen LogP contribution in [0.5, 0.6) is 0 Å². The fraction of sp³-hybridized carbons (Fsp3) is 0.364. The Morgan fingerprint density at radius 1 is 1.57 bits per heavy atom. The predicted molar refractivity (Wildman–Crippen MR) is 54.5 cm³/mol. The van der Waals surface area contributed by atoms with E-state index in [0.29, 0.717) is 11.4 Å². The molecule has 0 spiro atoms. The molecule has 14 heavy (non-hydrogen) atoms. The van der Waals surface area contributed by atoms with Crippen molar-refractivity contribution in [2.45, 2.75) is 18.4 Å². The van der Waals surface area contributed by atoms with Crippen molar-refractivity contribution < 1.29 is 9.53 Å². The summed E-state index contributed by atoms with van der Waals surface area (Å²) in [7, 11) is 1.56. The number of methoxy groups -OCH3 is 1. The van der Waals surface area contributed by atoms with Crippen molar-refractivity contribution in [3.05, 3.63) is 34.3 Å². The minimum Gasteiger partial charge on any atom is -0.366 e. The first kappa shape index (κ1) is 9.69. The lowest BCUT2D eigenvalue weighted by Gasteiger charge is -2.21. The van der Waals surface area contributed by atoms with Gasteiger partial charge in [-0.3, -0.25) is 4.79 Å². The summed E-state index contributed by atoms with van der Waals surface area (Å²) in [5.41, 5.74) is 1.31. The molecule has 0 heterocycles. The van der Waals surface area contributed by atoms with Gasteiger partial charge in [0.05, 0.1) is 0 Å². The molecular weight excluding hydrogens is 200 g/mol. The van der Waals surface area contributed by atoms with E-state index < -0.39 is 5.60 Å². The van der Waals surface area contributed by atoms with Crippen LogP contribution < -0.4 is 0 Å². The van der Waals surface area contributed by atoms with Crippen LogP contribution in [0.3, 0.4) is 0 Å². The Morgan fingerprint density at radius 2 is 2.36 bits per heavy atom. The van der Waals surface area contributed by atoms with E-state index in [1.165, 1.54) is 0 Å². The fourth-order valence-corrected chi connectivity index (χ4v) is 2.17. The van der Waals surface area contributed by atoms with Crippen LogP contribution in [0.2, 0.25) is 5.02 Å². The minimum absolute atomic E-state index is 0.647. The Labute approximate surface area is 87.8 Å². The molecule has 0 radical (unpaired) electrons. The van der Waals surface area contributed by atoms with Crippen molar-refractivity contribution in [1.29, 1.82) is 0 Å². The van der Waals surface area contributed by atoms with Crippen molar-refractivity contribution in [3.8, 4) is 0 Å². The summed E-state index contributed by atoms with van der Waals surface area (Å²) in [4.78, 5) is 11.1. The summed E-state index contributed by atoms with van der Waals surface area (Å²) < 4.78 is 5.30. The number of aldehydes is 1. The molecule has 3 heteroatoms. The second-order valence-electron chi connectivity index (χ2n) is 3.51. The van der Waals surface area contributed by atoms with Crippen LogP contribution in [-0.4, -0.2) is 13.4 Å². The molecule has 2 rings (SSSR count). The molecule has 0 saturated heterocycles. The van der Waals surface area contributed by atoms with Gasteiger partial charge in [0.15, 0.2) is 6.29 Å². The summed E-state index contributed by atoms with van der Waals surface area (Å²) in [6.45, 7) is 0. The quantitative estimate of drug-likeness (QED) is 0.701. The van der Waals surface area contributed by atoms with Gasteiger partial charge in [-0.15, -0.1) is 0 Å². The van der Waals surface area contributed by atoms with Crippen LogP contribution in [0.4, 0.5) is 0 Å². The maximum Gasteiger partial charge on any atom is 0.156 e. The normalized spacial score (nSPS) is 24.7. The van der Waals surface area contributed by atoms with E-state index in [4.69, 9.17) is 16.3 Å². The minimum atomic E-state index is -0.764. The molecule has 1 aliphatic rings. The molecule has 0 aromatic heterocycles. The van der Waals surface area contributed by atoms with Gasteiger partial charge in [-0.05, 0) is 36.1 Å². The molecule has 0 N–H and O–H groups in total. The maximum atomic E-state index is 11.1. The summed E-state index contributed by atoms with van der Waals surface area (Å²) in [5, 5.41) is 0.647. The second kappa shape index (κ2) is 3.37. The van der Waals surface area contributed by atoms with E-state index in [0.717, 1.165) is 23.8 Å². The maximum absolute atomic E-state index is 11.1. The van der Waals surface area contributed by atoms with Crippen molar-refractivity contribution in [2.24, 2.45) is 0 Å². The van der Waals surface area contributed by atoms with E-state index in [-0.39, 0.29) is 0 Å². The Balaban J connectivity index is 2.56. The zero-order valence-corrected chi connectivity index (χ0v) is 8.67. The van der Waals surface area contributed by atoms with Crippen molar-refractivity contribution in [3.63, 3.8) is 0 Å². The van der Waals surface area contributed by atoms with Crippen LogP contribution in [0.1, 0.15) is 17.5 Å². The predicted octanol–water partition coefficient (Wildman–Crippen LogP) is 2.33. The van der Waals surface area contributed by atoms with Crippen LogP contribution in [0.15, 0.2) is 18.2 Å². The third-order valence-electron chi connectivity index (χ3n) is 2.85. The van der Waals surface area contributed by atoms with E-state index in [1.807, 2.05) is 18.2 Å². The van der Waals surface area contributed by atoms with E-state index in [1.54, 1.807) is 7.11 Å². The number of carbonyl (C=O) groups is 1. The monoisotopic (exact) mass is 210 g/mol. The van der Waals surface area contributed by atoms with Crippen molar-refractivity contribution in [1.82, 2.24) is 0 Å². The van der Waals surface area contributed by atoms with Crippen LogP contribution in [0.25, 0.3) is 0 Å². The molecule has 1 unspecified atom stereocenters. The highest BCUT2D eigenvalue weighted by Crippen LogP contribution is 2.39. The van der Waals surface area contributed by atoms with Crippen LogP contribution >= 0.6 is 11.6 Å². The zero-order valence-electron chi connectivity index (χ0n) is 7.92. The average Bonchev–Trinajstić information content (AvgIpc) is 2.57. The van der Waals surface area contributed by atoms with Gasteiger partial charge >= 0.3 is 0 Å². The first-order chi connectivity index (χ1) is 6.72. The molecule has 0 bridgehead atoms. The number of fused-ring (bicyclic) bond motifs is 1. The zero-order chi connectivity index (χ0) is 10.2. The topological polar surface area (TPSA) is 26.3 Å². The van der Waals surface area contributed by atoms with Gasteiger partial charge in [-0.1, -0.05) is 17.7 Å². The van der Waals surface area contributed by atoms with Gasteiger partial charge in [0.2, 0.25) is 0 Å². The summed E-state index contributed by atoms with van der Waals surface area (Å²) in [5.74, 6) is 0. The third-order valence-corrected chi connectivity index (χ3v) is 3.08.